The van der Waals surface area contributed by atoms with Gasteiger partial charge in [-0.2, -0.15) is 0 Å². The van der Waals surface area contributed by atoms with E-state index in [4.69, 9.17) is 4.42 Å². The van der Waals surface area contributed by atoms with Gasteiger partial charge in [0, 0.05) is 27.9 Å². The van der Waals surface area contributed by atoms with Crippen molar-refractivity contribution in [3.63, 3.8) is 0 Å². The highest BCUT2D eigenvalue weighted by Gasteiger charge is 2.18. The minimum absolute atomic E-state index is 0.879. The van der Waals surface area contributed by atoms with E-state index in [0.717, 1.165) is 56.0 Å². The van der Waals surface area contributed by atoms with Gasteiger partial charge in [-0.1, -0.05) is 170 Å². The van der Waals surface area contributed by atoms with Crippen LogP contribution < -0.4 is 4.90 Å². The first kappa shape index (κ1) is 31.6. The number of furan rings is 1. The smallest absolute Gasteiger partial charge is 0.136 e. The molecule has 0 aliphatic carbocycles. The second-order valence-corrected chi connectivity index (χ2v) is 13.7. The van der Waals surface area contributed by atoms with E-state index in [1.807, 2.05) is 18.2 Å². The molecular weight excluding hydrogens is 655 g/mol. The highest BCUT2D eigenvalue weighted by molar-refractivity contribution is 6.08. The molecule has 0 N–H and O–H groups in total. The molecule has 0 saturated heterocycles. The third-order valence-corrected chi connectivity index (χ3v) is 10.5. The summed E-state index contributed by atoms with van der Waals surface area (Å²) >= 11 is 0. The molecule has 1 aromatic heterocycles. The van der Waals surface area contributed by atoms with Crippen LogP contribution in [0, 0.1) is 0 Å². The zero-order valence-corrected chi connectivity index (χ0v) is 29.6. The van der Waals surface area contributed by atoms with Crippen molar-refractivity contribution >= 4 is 49.6 Å². The van der Waals surface area contributed by atoms with Gasteiger partial charge in [-0.15, -0.1) is 0 Å². The number of para-hydroxylation sites is 2. The number of benzene rings is 9. The Hall–Kier alpha value is -7.16. The maximum absolute atomic E-state index is 6.27. The Morgan fingerprint density at radius 3 is 1.67 bits per heavy atom. The van der Waals surface area contributed by atoms with Gasteiger partial charge in [-0.3, -0.25) is 0 Å². The summed E-state index contributed by atoms with van der Waals surface area (Å²) in [6, 6.07) is 75.9. The SMILES string of the molecule is c1ccc(-c2ccccc2N(c2ccc(-c3ccc(-c4ccccc4-c4cc5ccccc5o4)cc3)cc2)c2ccc3c(ccc4ccccc43)c2)cc1. The first-order chi connectivity index (χ1) is 26.8. The van der Waals surface area contributed by atoms with Crippen LogP contribution in [0.5, 0.6) is 0 Å². The molecule has 0 aliphatic heterocycles. The van der Waals surface area contributed by atoms with Crippen molar-refractivity contribution < 1.29 is 4.42 Å². The Balaban J connectivity index is 1.02. The van der Waals surface area contributed by atoms with Gasteiger partial charge < -0.3 is 9.32 Å². The molecule has 254 valence electrons. The molecule has 2 heteroatoms. The number of anilines is 3. The molecule has 2 nitrogen and oxygen atoms in total. The van der Waals surface area contributed by atoms with Crippen LogP contribution in [0.2, 0.25) is 0 Å². The normalized spacial score (nSPS) is 11.3. The Morgan fingerprint density at radius 1 is 0.315 bits per heavy atom. The average Bonchev–Trinajstić information content (AvgIpc) is 3.69. The largest absolute Gasteiger partial charge is 0.456 e. The summed E-state index contributed by atoms with van der Waals surface area (Å²) in [7, 11) is 0. The minimum Gasteiger partial charge on any atom is -0.456 e. The van der Waals surface area contributed by atoms with Gasteiger partial charge in [0.25, 0.3) is 0 Å². The average molecular weight is 690 g/mol. The van der Waals surface area contributed by atoms with Crippen LogP contribution >= 0.6 is 0 Å². The predicted octanol–water partition coefficient (Wildman–Crippen LogP) is 14.9. The third-order valence-electron chi connectivity index (χ3n) is 10.5. The summed E-state index contributed by atoms with van der Waals surface area (Å²) in [6.07, 6.45) is 0. The number of nitrogens with zero attached hydrogens (tertiary/aromatic N) is 1. The first-order valence-corrected chi connectivity index (χ1v) is 18.4. The molecule has 0 unspecified atom stereocenters. The van der Waals surface area contributed by atoms with E-state index in [1.54, 1.807) is 0 Å². The van der Waals surface area contributed by atoms with Crippen molar-refractivity contribution in [2.75, 3.05) is 4.90 Å². The lowest BCUT2D eigenvalue weighted by atomic mass is 9.95. The number of rotatable bonds is 7. The molecular formula is C52H35NO. The molecule has 0 aliphatic rings. The Kier molecular flexibility index (Phi) is 7.85. The second-order valence-electron chi connectivity index (χ2n) is 13.7. The number of hydrogen-bond acceptors (Lipinski definition) is 2. The maximum atomic E-state index is 6.27. The fraction of sp³-hybridized carbons (Fsp3) is 0. The van der Waals surface area contributed by atoms with Crippen LogP contribution in [0.15, 0.2) is 217 Å². The van der Waals surface area contributed by atoms with Crippen LogP contribution in [0.3, 0.4) is 0 Å². The Labute approximate surface area is 314 Å². The molecule has 10 rings (SSSR count). The van der Waals surface area contributed by atoms with E-state index >= 15 is 0 Å². The standard InChI is InChI=1S/C52H35NO/c1-2-12-38(13-3-1)48-18-9-10-20-50(48)53(44-32-33-47-41(34-44)27-26-39-14-4-6-16-45(39)47)43-30-28-37(29-31-43)36-22-24-40(25-23-36)46-17-7-8-19-49(46)52-35-42-15-5-11-21-51(42)54-52/h1-35H. The molecule has 1 heterocycles. The summed E-state index contributed by atoms with van der Waals surface area (Å²) in [4.78, 5) is 2.39. The molecule has 0 bridgehead atoms. The highest BCUT2D eigenvalue weighted by Crippen LogP contribution is 2.43. The first-order valence-electron chi connectivity index (χ1n) is 18.4. The summed E-state index contributed by atoms with van der Waals surface area (Å²) in [6.45, 7) is 0. The third kappa shape index (κ3) is 5.71. The second kappa shape index (κ2) is 13.4. The number of fused-ring (bicyclic) bond motifs is 4. The van der Waals surface area contributed by atoms with E-state index in [-0.39, 0.29) is 0 Å². The zero-order chi connectivity index (χ0) is 35.8. The van der Waals surface area contributed by atoms with E-state index in [1.165, 1.54) is 38.2 Å². The van der Waals surface area contributed by atoms with Crippen LogP contribution in [0.1, 0.15) is 0 Å². The molecule has 0 spiro atoms. The fourth-order valence-corrected chi connectivity index (χ4v) is 7.81. The molecule has 0 saturated carbocycles. The van der Waals surface area contributed by atoms with Crippen molar-refractivity contribution in [1.29, 1.82) is 0 Å². The Morgan fingerprint density at radius 2 is 0.870 bits per heavy atom. The summed E-state index contributed by atoms with van der Waals surface area (Å²) in [5.74, 6) is 0.879. The molecule has 0 radical (unpaired) electrons. The van der Waals surface area contributed by atoms with Gasteiger partial charge in [0.15, 0.2) is 0 Å². The van der Waals surface area contributed by atoms with Crippen molar-refractivity contribution in [3.05, 3.63) is 212 Å². The van der Waals surface area contributed by atoms with E-state index < -0.39 is 0 Å². The monoisotopic (exact) mass is 689 g/mol. The van der Waals surface area contributed by atoms with Gasteiger partial charge in [-0.05, 0) is 91.8 Å². The molecule has 10 aromatic rings. The summed E-state index contributed by atoms with van der Waals surface area (Å²) < 4.78 is 6.27. The van der Waals surface area contributed by atoms with Crippen molar-refractivity contribution in [3.8, 4) is 44.7 Å². The van der Waals surface area contributed by atoms with Crippen molar-refractivity contribution in [2.45, 2.75) is 0 Å². The zero-order valence-electron chi connectivity index (χ0n) is 29.6. The van der Waals surface area contributed by atoms with Gasteiger partial charge >= 0.3 is 0 Å². The van der Waals surface area contributed by atoms with Crippen LogP contribution in [0.25, 0.3) is 77.2 Å². The lowest BCUT2D eigenvalue weighted by Gasteiger charge is -2.28. The van der Waals surface area contributed by atoms with Crippen molar-refractivity contribution in [1.82, 2.24) is 0 Å². The minimum atomic E-state index is 0.879. The maximum Gasteiger partial charge on any atom is 0.136 e. The van der Waals surface area contributed by atoms with E-state index in [9.17, 15) is 0 Å². The van der Waals surface area contributed by atoms with Gasteiger partial charge in [0.1, 0.15) is 11.3 Å². The number of hydrogen-bond donors (Lipinski definition) is 0. The molecule has 0 atom stereocenters. The lowest BCUT2D eigenvalue weighted by Crippen LogP contribution is -2.11. The quantitative estimate of drug-likeness (QED) is 0.155. The summed E-state index contributed by atoms with van der Waals surface area (Å²) in [5.41, 5.74) is 12.3. The summed E-state index contributed by atoms with van der Waals surface area (Å²) in [5, 5.41) is 6.10. The molecule has 0 amide bonds. The van der Waals surface area contributed by atoms with Crippen LogP contribution in [-0.2, 0) is 0 Å². The van der Waals surface area contributed by atoms with Gasteiger partial charge in [0.05, 0.1) is 5.69 Å². The fourth-order valence-electron chi connectivity index (χ4n) is 7.81. The van der Waals surface area contributed by atoms with Gasteiger partial charge in [-0.25, -0.2) is 0 Å². The predicted molar refractivity (Wildman–Crippen MR) is 228 cm³/mol. The van der Waals surface area contributed by atoms with Crippen LogP contribution in [0.4, 0.5) is 17.1 Å². The van der Waals surface area contributed by atoms with E-state index in [0.29, 0.717) is 0 Å². The van der Waals surface area contributed by atoms with Crippen molar-refractivity contribution in [2.24, 2.45) is 0 Å². The van der Waals surface area contributed by atoms with Gasteiger partial charge in [0.2, 0.25) is 0 Å². The molecule has 9 aromatic carbocycles. The highest BCUT2D eigenvalue weighted by atomic mass is 16.3. The topological polar surface area (TPSA) is 16.4 Å². The molecule has 54 heavy (non-hydrogen) atoms. The lowest BCUT2D eigenvalue weighted by molar-refractivity contribution is 0.632. The Bertz CT molecular complexity index is 2890. The molecule has 0 fully saturated rings. The van der Waals surface area contributed by atoms with Crippen LogP contribution in [-0.4, -0.2) is 0 Å². The van der Waals surface area contributed by atoms with E-state index in [2.05, 4.69) is 199 Å².